The van der Waals surface area contributed by atoms with Crippen LogP contribution < -0.4 is 10.6 Å². The molecular formula is C17H19ClN2. The van der Waals surface area contributed by atoms with Crippen molar-refractivity contribution in [3.05, 3.63) is 52.5 Å². The van der Waals surface area contributed by atoms with Crippen LogP contribution in [0.25, 0.3) is 0 Å². The number of anilines is 3. The Morgan fingerprint density at radius 1 is 1.20 bits per heavy atom. The smallest absolute Gasteiger partial charge is 0.0656 e. The molecule has 3 rings (SSSR count). The predicted octanol–water partition coefficient (Wildman–Crippen LogP) is 4.56. The van der Waals surface area contributed by atoms with Crippen LogP contribution >= 0.6 is 11.6 Å². The second kappa shape index (κ2) is 5.02. The minimum absolute atomic E-state index is 0.626. The average molecular weight is 287 g/mol. The maximum absolute atomic E-state index is 6.22. The van der Waals surface area contributed by atoms with Crippen molar-refractivity contribution in [3.63, 3.8) is 0 Å². The summed E-state index contributed by atoms with van der Waals surface area (Å²) in [5.41, 5.74) is 11.5. The zero-order chi connectivity index (χ0) is 14.3. The molecule has 0 aliphatic carbocycles. The van der Waals surface area contributed by atoms with Crippen LogP contribution in [0.2, 0.25) is 5.02 Å². The Morgan fingerprint density at radius 3 is 2.75 bits per heavy atom. The number of para-hydroxylation sites is 1. The number of fused-ring (bicyclic) bond motifs is 1. The highest BCUT2D eigenvalue weighted by Crippen LogP contribution is 2.39. The summed E-state index contributed by atoms with van der Waals surface area (Å²) >= 11 is 6.22. The molecule has 20 heavy (non-hydrogen) atoms. The van der Waals surface area contributed by atoms with Crippen LogP contribution in [0, 0.1) is 12.8 Å². The summed E-state index contributed by atoms with van der Waals surface area (Å²) in [7, 11) is 0. The third kappa shape index (κ3) is 2.25. The quantitative estimate of drug-likeness (QED) is 0.779. The number of hydrogen-bond donors (Lipinski definition) is 1. The standard InChI is InChI=1S/C17H19ClN2/c1-11-7-13-5-3-4-6-16(13)20(10-11)17-9-14(18)15(19)8-12(17)2/h3-6,8-9,11H,7,10,19H2,1-2H3. The van der Waals surface area contributed by atoms with Gasteiger partial charge in [-0.3, -0.25) is 0 Å². The van der Waals surface area contributed by atoms with Gasteiger partial charge in [-0.05, 0) is 48.6 Å². The molecule has 1 unspecified atom stereocenters. The van der Waals surface area contributed by atoms with Gasteiger partial charge in [-0.1, -0.05) is 36.7 Å². The minimum Gasteiger partial charge on any atom is -0.398 e. The number of nitrogens with two attached hydrogens (primary N) is 1. The molecule has 2 aromatic rings. The van der Waals surface area contributed by atoms with E-state index < -0.39 is 0 Å². The maximum atomic E-state index is 6.22. The lowest BCUT2D eigenvalue weighted by molar-refractivity contribution is 0.562. The van der Waals surface area contributed by atoms with E-state index in [1.54, 1.807) is 0 Å². The first-order valence-corrected chi connectivity index (χ1v) is 7.35. The zero-order valence-electron chi connectivity index (χ0n) is 11.9. The predicted molar refractivity (Wildman–Crippen MR) is 86.9 cm³/mol. The molecule has 0 amide bonds. The molecule has 1 aliphatic rings. The lowest BCUT2D eigenvalue weighted by Crippen LogP contribution is -2.30. The largest absolute Gasteiger partial charge is 0.398 e. The van der Waals surface area contributed by atoms with Crippen LogP contribution in [0.1, 0.15) is 18.1 Å². The average Bonchev–Trinajstić information content (AvgIpc) is 2.42. The second-order valence-electron chi connectivity index (χ2n) is 5.71. The van der Waals surface area contributed by atoms with E-state index in [4.69, 9.17) is 17.3 Å². The van der Waals surface area contributed by atoms with Crippen molar-refractivity contribution < 1.29 is 0 Å². The molecule has 1 atom stereocenters. The van der Waals surface area contributed by atoms with Crippen molar-refractivity contribution >= 4 is 28.7 Å². The maximum Gasteiger partial charge on any atom is 0.0656 e. The molecule has 2 N–H and O–H groups in total. The third-order valence-electron chi connectivity index (χ3n) is 3.95. The summed E-state index contributed by atoms with van der Waals surface area (Å²) in [6.45, 7) is 5.39. The van der Waals surface area contributed by atoms with Crippen LogP contribution in [0.15, 0.2) is 36.4 Å². The van der Waals surface area contributed by atoms with Gasteiger partial charge in [0.15, 0.2) is 0 Å². The van der Waals surface area contributed by atoms with Crippen molar-refractivity contribution in [1.29, 1.82) is 0 Å². The van der Waals surface area contributed by atoms with Gasteiger partial charge in [-0.15, -0.1) is 0 Å². The van der Waals surface area contributed by atoms with Crippen molar-refractivity contribution in [1.82, 2.24) is 0 Å². The zero-order valence-corrected chi connectivity index (χ0v) is 12.6. The van der Waals surface area contributed by atoms with E-state index in [1.807, 2.05) is 12.1 Å². The Labute approximate surface area is 125 Å². The first-order valence-electron chi connectivity index (χ1n) is 6.97. The fourth-order valence-corrected chi connectivity index (χ4v) is 3.17. The van der Waals surface area contributed by atoms with Crippen LogP contribution in [0.5, 0.6) is 0 Å². The fraction of sp³-hybridized carbons (Fsp3) is 0.294. The summed E-state index contributed by atoms with van der Waals surface area (Å²) in [5, 5.41) is 0.626. The number of hydrogen-bond acceptors (Lipinski definition) is 2. The number of nitrogens with zero attached hydrogens (tertiary/aromatic N) is 1. The van der Waals surface area contributed by atoms with Crippen LogP contribution in [0.4, 0.5) is 17.1 Å². The van der Waals surface area contributed by atoms with E-state index in [9.17, 15) is 0 Å². The lowest BCUT2D eigenvalue weighted by Gasteiger charge is -2.36. The number of aryl methyl sites for hydroxylation is 1. The van der Waals surface area contributed by atoms with Crippen molar-refractivity contribution in [2.24, 2.45) is 5.92 Å². The van der Waals surface area contributed by atoms with Gasteiger partial charge in [0.1, 0.15) is 0 Å². The number of rotatable bonds is 1. The van der Waals surface area contributed by atoms with Gasteiger partial charge in [0, 0.05) is 17.9 Å². The van der Waals surface area contributed by atoms with Gasteiger partial charge in [-0.2, -0.15) is 0 Å². The molecule has 0 aromatic heterocycles. The number of nitrogen functional groups attached to an aromatic ring is 1. The van der Waals surface area contributed by atoms with E-state index in [0.29, 0.717) is 16.6 Å². The SMILES string of the molecule is Cc1cc(N)c(Cl)cc1N1CC(C)Cc2ccccc21. The highest BCUT2D eigenvalue weighted by atomic mass is 35.5. The first-order chi connectivity index (χ1) is 9.56. The normalized spacial score (nSPS) is 17.9. The monoisotopic (exact) mass is 286 g/mol. The van der Waals surface area contributed by atoms with E-state index in [0.717, 1.165) is 24.2 Å². The molecule has 0 radical (unpaired) electrons. The van der Waals surface area contributed by atoms with Crippen LogP contribution in [0.3, 0.4) is 0 Å². The summed E-state index contributed by atoms with van der Waals surface area (Å²) < 4.78 is 0. The molecule has 0 bridgehead atoms. The Bertz CT molecular complexity index is 651. The third-order valence-corrected chi connectivity index (χ3v) is 4.28. The summed E-state index contributed by atoms with van der Waals surface area (Å²) in [6.07, 6.45) is 1.13. The van der Waals surface area contributed by atoms with Gasteiger partial charge in [0.25, 0.3) is 0 Å². The van der Waals surface area contributed by atoms with Crippen molar-refractivity contribution in [2.45, 2.75) is 20.3 Å². The Morgan fingerprint density at radius 2 is 1.95 bits per heavy atom. The highest BCUT2D eigenvalue weighted by molar-refractivity contribution is 6.33. The Balaban J connectivity index is 2.13. The highest BCUT2D eigenvalue weighted by Gasteiger charge is 2.23. The van der Waals surface area contributed by atoms with E-state index in [-0.39, 0.29) is 0 Å². The van der Waals surface area contributed by atoms with Crippen molar-refractivity contribution in [3.8, 4) is 0 Å². The van der Waals surface area contributed by atoms with Crippen LogP contribution in [-0.4, -0.2) is 6.54 Å². The van der Waals surface area contributed by atoms with Gasteiger partial charge < -0.3 is 10.6 Å². The van der Waals surface area contributed by atoms with E-state index in [2.05, 4.69) is 43.0 Å². The summed E-state index contributed by atoms with van der Waals surface area (Å²) in [4.78, 5) is 2.37. The molecule has 1 heterocycles. The molecule has 2 nitrogen and oxygen atoms in total. The molecule has 104 valence electrons. The van der Waals surface area contributed by atoms with Gasteiger partial charge in [-0.25, -0.2) is 0 Å². The number of benzene rings is 2. The molecule has 3 heteroatoms. The second-order valence-corrected chi connectivity index (χ2v) is 6.12. The molecular weight excluding hydrogens is 268 g/mol. The van der Waals surface area contributed by atoms with E-state index >= 15 is 0 Å². The number of halogens is 1. The molecule has 1 aliphatic heterocycles. The molecule has 0 saturated heterocycles. The molecule has 0 fully saturated rings. The van der Waals surface area contributed by atoms with Crippen LogP contribution in [-0.2, 0) is 6.42 Å². The fourth-order valence-electron chi connectivity index (χ4n) is 3.01. The minimum atomic E-state index is 0.626. The lowest BCUT2D eigenvalue weighted by atomic mass is 9.93. The van der Waals surface area contributed by atoms with Gasteiger partial charge in [0.05, 0.1) is 10.7 Å². The van der Waals surface area contributed by atoms with Crippen molar-refractivity contribution in [2.75, 3.05) is 17.2 Å². The topological polar surface area (TPSA) is 29.3 Å². The molecule has 0 spiro atoms. The first kappa shape index (κ1) is 13.3. The van der Waals surface area contributed by atoms with E-state index in [1.165, 1.54) is 11.3 Å². The molecule has 0 saturated carbocycles. The Kier molecular flexibility index (Phi) is 3.35. The summed E-state index contributed by atoms with van der Waals surface area (Å²) in [5.74, 6) is 0.626. The summed E-state index contributed by atoms with van der Waals surface area (Å²) in [6, 6.07) is 12.5. The van der Waals surface area contributed by atoms with Gasteiger partial charge >= 0.3 is 0 Å². The Hall–Kier alpha value is -1.67. The molecule has 2 aromatic carbocycles. The van der Waals surface area contributed by atoms with Gasteiger partial charge in [0.2, 0.25) is 0 Å².